The molecule has 1 aliphatic heterocycles. The number of ether oxygens (including phenoxy) is 1. The van der Waals surface area contributed by atoms with Crippen LogP contribution in [0.1, 0.15) is 43.0 Å². The molecule has 1 unspecified atom stereocenters. The lowest BCUT2D eigenvalue weighted by molar-refractivity contribution is 0.102. The number of hydrogen-bond acceptors (Lipinski definition) is 4. The highest BCUT2D eigenvalue weighted by molar-refractivity contribution is 6.04. The Bertz CT molecular complexity index is 1120. The Morgan fingerprint density at radius 1 is 1.00 bits per heavy atom. The zero-order valence-corrected chi connectivity index (χ0v) is 19.7. The standard InChI is InChI=1S/C28H31N3O3/c1-3-23-11-7-8-19-31(23)25-17-15-21(16-18-25)27(32)29-22-10-9-14-26(20-22)34-28(33)30(2)24-12-5-4-6-13-24/h4-6,9-10,12-18,20,23H,3,7-8,11,19H2,1-2H3,(H,29,32). The van der Waals surface area contributed by atoms with Crippen LogP contribution in [0.15, 0.2) is 78.9 Å². The van der Waals surface area contributed by atoms with E-state index in [1.807, 2.05) is 54.6 Å². The minimum Gasteiger partial charge on any atom is -0.410 e. The van der Waals surface area contributed by atoms with Gasteiger partial charge in [-0.15, -0.1) is 0 Å². The average Bonchev–Trinajstić information content (AvgIpc) is 2.89. The van der Waals surface area contributed by atoms with Crippen LogP contribution in [0.25, 0.3) is 0 Å². The monoisotopic (exact) mass is 457 g/mol. The van der Waals surface area contributed by atoms with Gasteiger partial charge in [0.15, 0.2) is 0 Å². The van der Waals surface area contributed by atoms with Gasteiger partial charge >= 0.3 is 6.09 Å². The van der Waals surface area contributed by atoms with E-state index in [0.717, 1.165) is 18.7 Å². The summed E-state index contributed by atoms with van der Waals surface area (Å²) in [5.41, 5.74) is 3.04. The first-order valence-electron chi connectivity index (χ1n) is 11.8. The van der Waals surface area contributed by atoms with Gasteiger partial charge in [-0.25, -0.2) is 4.79 Å². The lowest BCUT2D eigenvalue weighted by Gasteiger charge is -2.37. The largest absolute Gasteiger partial charge is 0.419 e. The summed E-state index contributed by atoms with van der Waals surface area (Å²) in [5.74, 6) is 0.152. The predicted octanol–water partition coefficient (Wildman–Crippen LogP) is 6.34. The van der Waals surface area contributed by atoms with Crippen LogP contribution in [-0.4, -0.2) is 31.6 Å². The van der Waals surface area contributed by atoms with Crippen molar-refractivity contribution in [2.24, 2.45) is 0 Å². The van der Waals surface area contributed by atoms with Gasteiger partial charge in [0.25, 0.3) is 5.91 Å². The van der Waals surface area contributed by atoms with E-state index in [0.29, 0.717) is 23.0 Å². The molecule has 0 aliphatic carbocycles. The Morgan fingerprint density at radius 2 is 1.76 bits per heavy atom. The van der Waals surface area contributed by atoms with E-state index in [2.05, 4.69) is 17.1 Å². The number of benzene rings is 3. The molecule has 4 rings (SSSR count). The second kappa shape index (κ2) is 10.9. The number of carbonyl (C=O) groups excluding carboxylic acids is 2. The number of carbonyl (C=O) groups is 2. The minimum atomic E-state index is -0.506. The Hall–Kier alpha value is -3.80. The van der Waals surface area contributed by atoms with Gasteiger partial charge in [0.05, 0.1) is 0 Å². The first kappa shape index (κ1) is 23.4. The third-order valence-electron chi connectivity index (χ3n) is 6.27. The lowest BCUT2D eigenvalue weighted by atomic mass is 9.99. The van der Waals surface area contributed by atoms with E-state index in [4.69, 9.17) is 4.74 Å². The fourth-order valence-corrected chi connectivity index (χ4v) is 4.34. The number of hydrogen-bond donors (Lipinski definition) is 1. The second-order valence-electron chi connectivity index (χ2n) is 8.54. The maximum absolute atomic E-state index is 12.8. The van der Waals surface area contributed by atoms with Gasteiger partial charge in [0.1, 0.15) is 5.75 Å². The molecule has 0 aromatic heterocycles. The van der Waals surface area contributed by atoms with Crippen LogP contribution in [0.4, 0.5) is 21.9 Å². The van der Waals surface area contributed by atoms with Gasteiger partial charge in [0, 0.05) is 48.3 Å². The molecule has 0 bridgehead atoms. The zero-order valence-electron chi connectivity index (χ0n) is 19.7. The fraction of sp³-hybridized carbons (Fsp3) is 0.286. The summed E-state index contributed by atoms with van der Waals surface area (Å²) in [4.78, 5) is 29.2. The van der Waals surface area contributed by atoms with Crippen molar-refractivity contribution in [1.29, 1.82) is 0 Å². The number of anilines is 3. The van der Waals surface area contributed by atoms with Crippen LogP contribution in [-0.2, 0) is 0 Å². The van der Waals surface area contributed by atoms with E-state index in [9.17, 15) is 9.59 Å². The van der Waals surface area contributed by atoms with Crippen LogP contribution >= 0.6 is 0 Å². The highest BCUT2D eigenvalue weighted by atomic mass is 16.6. The van der Waals surface area contributed by atoms with Crippen molar-refractivity contribution >= 4 is 29.1 Å². The molecule has 6 heteroatoms. The zero-order chi connectivity index (χ0) is 23.9. The molecular formula is C28H31N3O3. The molecule has 0 saturated carbocycles. The van der Waals surface area contributed by atoms with Crippen LogP contribution < -0.4 is 19.9 Å². The Morgan fingerprint density at radius 3 is 2.50 bits per heavy atom. The summed E-state index contributed by atoms with van der Waals surface area (Å²) in [7, 11) is 1.65. The number of amides is 2. The van der Waals surface area contributed by atoms with E-state index in [-0.39, 0.29) is 5.91 Å². The molecule has 1 heterocycles. The molecule has 2 amide bonds. The van der Waals surface area contributed by atoms with E-state index in [1.54, 1.807) is 31.3 Å². The maximum Gasteiger partial charge on any atom is 0.419 e. The topological polar surface area (TPSA) is 61.9 Å². The van der Waals surface area contributed by atoms with Crippen LogP contribution in [0.5, 0.6) is 5.75 Å². The van der Waals surface area contributed by atoms with Gasteiger partial charge in [-0.2, -0.15) is 0 Å². The SMILES string of the molecule is CCC1CCCCN1c1ccc(C(=O)Nc2cccc(OC(=O)N(C)c3ccccc3)c2)cc1. The Balaban J connectivity index is 1.39. The summed E-state index contributed by atoms with van der Waals surface area (Å²) in [6.45, 7) is 3.30. The number of piperidine rings is 1. The van der Waals surface area contributed by atoms with Crippen LogP contribution in [0.2, 0.25) is 0 Å². The van der Waals surface area contributed by atoms with Crippen molar-refractivity contribution in [3.05, 3.63) is 84.4 Å². The minimum absolute atomic E-state index is 0.206. The van der Waals surface area contributed by atoms with Gasteiger partial charge < -0.3 is 15.0 Å². The van der Waals surface area contributed by atoms with Crippen molar-refractivity contribution < 1.29 is 14.3 Å². The molecule has 1 saturated heterocycles. The summed E-state index contributed by atoms with van der Waals surface area (Å²) < 4.78 is 5.49. The summed E-state index contributed by atoms with van der Waals surface area (Å²) in [6.07, 6.45) is 4.34. The average molecular weight is 458 g/mol. The van der Waals surface area contributed by atoms with E-state index < -0.39 is 6.09 Å². The molecule has 34 heavy (non-hydrogen) atoms. The van der Waals surface area contributed by atoms with Crippen molar-refractivity contribution in [3.63, 3.8) is 0 Å². The maximum atomic E-state index is 12.8. The smallest absolute Gasteiger partial charge is 0.410 e. The van der Waals surface area contributed by atoms with E-state index in [1.165, 1.54) is 29.8 Å². The highest BCUT2D eigenvalue weighted by Gasteiger charge is 2.21. The fourth-order valence-electron chi connectivity index (χ4n) is 4.34. The number of nitrogens with zero attached hydrogens (tertiary/aromatic N) is 2. The molecular weight excluding hydrogens is 426 g/mol. The number of rotatable bonds is 6. The van der Waals surface area contributed by atoms with Crippen LogP contribution in [0.3, 0.4) is 0 Å². The van der Waals surface area contributed by atoms with Gasteiger partial charge in [-0.05, 0) is 74.2 Å². The highest BCUT2D eigenvalue weighted by Crippen LogP contribution is 2.27. The summed E-state index contributed by atoms with van der Waals surface area (Å²) >= 11 is 0. The second-order valence-corrected chi connectivity index (χ2v) is 8.54. The third kappa shape index (κ3) is 5.57. The molecule has 1 fully saturated rings. The number of para-hydroxylation sites is 1. The Labute approximate surface area is 201 Å². The van der Waals surface area contributed by atoms with Gasteiger partial charge in [-0.3, -0.25) is 9.69 Å². The first-order chi connectivity index (χ1) is 16.5. The third-order valence-corrected chi connectivity index (χ3v) is 6.27. The van der Waals surface area contributed by atoms with Crippen molar-refractivity contribution in [1.82, 2.24) is 0 Å². The molecule has 1 N–H and O–H groups in total. The molecule has 3 aromatic carbocycles. The first-order valence-corrected chi connectivity index (χ1v) is 11.8. The number of nitrogens with one attached hydrogen (secondary N) is 1. The van der Waals surface area contributed by atoms with Crippen molar-refractivity contribution in [3.8, 4) is 5.75 Å². The molecule has 0 spiro atoms. The van der Waals surface area contributed by atoms with Gasteiger partial charge in [-0.1, -0.05) is 31.2 Å². The summed E-state index contributed by atoms with van der Waals surface area (Å²) in [6, 6.07) is 24.5. The Kier molecular flexibility index (Phi) is 7.48. The predicted molar refractivity (Wildman–Crippen MR) is 137 cm³/mol. The molecule has 3 aromatic rings. The molecule has 1 aliphatic rings. The molecule has 6 nitrogen and oxygen atoms in total. The van der Waals surface area contributed by atoms with Gasteiger partial charge in [0.2, 0.25) is 0 Å². The normalized spacial score (nSPS) is 15.5. The molecule has 0 radical (unpaired) electrons. The van der Waals surface area contributed by atoms with Crippen molar-refractivity contribution in [2.75, 3.05) is 28.7 Å². The van der Waals surface area contributed by atoms with Crippen molar-refractivity contribution in [2.45, 2.75) is 38.6 Å². The van der Waals surface area contributed by atoms with E-state index >= 15 is 0 Å². The summed E-state index contributed by atoms with van der Waals surface area (Å²) in [5, 5.41) is 2.89. The van der Waals surface area contributed by atoms with Crippen LogP contribution in [0, 0.1) is 0 Å². The quantitative estimate of drug-likeness (QED) is 0.469. The lowest BCUT2D eigenvalue weighted by Crippen LogP contribution is -2.39. The molecule has 1 atom stereocenters. The molecule has 176 valence electrons.